The lowest BCUT2D eigenvalue weighted by molar-refractivity contribution is -0.120. The van der Waals surface area contributed by atoms with Crippen molar-refractivity contribution >= 4 is 17.1 Å². The number of nitrogens with one attached hydrogen (secondary N) is 2. The van der Waals surface area contributed by atoms with E-state index in [-0.39, 0.29) is 5.91 Å². The molecule has 2 N–H and O–H groups in total. The molecule has 1 aliphatic heterocycles. The highest BCUT2D eigenvalue weighted by molar-refractivity contribution is 5.78. The molecule has 146 valence electrons. The van der Waals surface area contributed by atoms with Gasteiger partial charge in [-0.25, -0.2) is 14.6 Å². The maximum absolute atomic E-state index is 12.2. The second-order valence-electron chi connectivity index (χ2n) is 6.90. The molecule has 1 aliphatic rings. The fraction of sp³-hybridized carbons (Fsp3) is 0.400. The van der Waals surface area contributed by atoms with Crippen LogP contribution in [-0.4, -0.2) is 52.4 Å². The van der Waals surface area contributed by atoms with Crippen LogP contribution in [0.3, 0.4) is 0 Å². The minimum atomic E-state index is -0.0204. The number of fused-ring (bicyclic) bond motifs is 1. The van der Waals surface area contributed by atoms with Gasteiger partial charge in [-0.1, -0.05) is 12.1 Å². The fourth-order valence-corrected chi connectivity index (χ4v) is 3.54. The van der Waals surface area contributed by atoms with Gasteiger partial charge in [0.2, 0.25) is 5.91 Å². The molecule has 8 heteroatoms. The molecule has 0 bridgehead atoms. The number of aromatic nitrogens is 4. The van der Waals surface area contributed by atoms with Gasteiger partial charge >= 0.3 is 0 Å². The number of benzene rings is 1. The highest BCUT2D eigenvalue weighted by atomic mass is 16.5. The highest BCUT2D eigenvalue weighted by Gasteiger charge is 2.24. The summed E-state index contributed by atoms with van der Waals surface area (Å²) in [6.45, 7) is 2.97. The molecule has 4 rings (SSSR count). The Balaban J connectivity index is 1.38. The number of amides is 1. The lowest BCUT2D eigenvalue weighted by Gasteiger charge is -2.07. The maximum atomic E-state index is 12.2. The minimum Gasteiger partial charge on any atom is -0.497 e. The number of rotatable bonds is 7. The lowest BCUT2D eigenvalue weighted by atomic mass is 10.0. The van der Waals surface area contributed by atoms with Crippen LogP contribution in [-0.2, 0) is 17.8 Å². The van der Waals surface area contributed by atoms with Crippen molar-refractivity contribution in [3.63, 3.8) is 0 Å². The Bertz CT molecular complexity index is 947. The first-order valence-electron chi connectivity index (χ1n) is 9.52. The molecule has 1 amide bonds. The molecule has 1 atom stereocenters. The Labute approximate surface area is 163 Å². The number of methoxy groups -OCH3 is 1. The van der Waals surface area contributed by atoms with Crippen molar-refractivity contribution < 1.29 is 9.53 Å². The van der Waals surface area contributed by atoms with Gasteiger partial charge in [0.15, 0.2) is 5.65 Å². The third-order valence-corrected chi connectivity index (χ3v) is 5.01. The quantitative estimate of drug-likeness (QED) is 0.641. The van der Waals surface area contributed by atoms with E-state index in [9.17, 15) is 4.79 Å². The summed E-state index contributed by atoms with van der Waals surface area (Å²) in [6.07, 6.45) is 4.78. The zero-order valence-corrected chi connectivity index (χ0v) is 15.9. The molecule has 28 heavy (non-hydrogen) atoms. The summed E-state index contributed by atoms with van der Waals surface area (Å²) in [4.78, 5) is 21.2. The Morgan fingerprint density at radius 2 is 2.11 bits per heavy atom. The molecule has 2 aromatic heterocycles. The van der Waals surface area contributed by atoms with Gasteiger partial charge in [0.25, 0.3) is 0 Å². The van der Waals surface area contributed by atoms with Gasteiger partial charge in [-0.05, 0) is 30.7 Å². The highest BCUT2D eigenvalue weighted by Crippen LogP contribution is 2.26. The number of nitrogens with zero attached hydrogens (tertiary/aromatic N) is 4. The van der Waals surface area contributed by atoms with Crippen molar-refractivity contribution in [3.05, 3.63) is 47.9 Å². The summed E-state index contributed by atoms with van der Waals surface area (Å²) in [5.74, 6) is 1.13. The van der Waals surface area contributed by atoms with Crippen LogP contribution in [0.25, 0.3) is 11.2 Å². The molecule has 0 radical (unpaired) electrons. The molecule has 0 spiro atoms. The van der Waals surface area contributed by atoms with Crippen LogP contribution in [0.2, 0.25) is 0 Å². The van der Waals surface area contributed by atoms with Crippen molar-refractivity contribution in [1.29, 1.82) is 0 Å². The van der Waals surface area contributed by atoms with Crippen LogP contribution in [0, 0.1) is 0 Å². The molecular formula is C20H24N6O2. The van der Waals surface area contributed by atoms with Gasteiger partial charge < -0.3 is 15.4 Å². The van der Waals surface area contributed by atoms with Gasteiger partial charge in [0.1, 0.15) is 11.3 Å². The number of hydrogen-bond donors (Lipinski definition) is 2. The van der Waals surface area contributed by atoms with Crippen LogP contribution in [0.4, 0.5) is 0 Å². The van der Waals surface area contributed by atoms with E-state index in [1.807, 2.05) is 28.9 Å². The van der Waals surface area contributed by atoms with E-state index < -0.39 is 0 Å². The second-order valence-corrected chi connectivity index (χ2v) is 6.90. The third kappa shape index (κ3) is 3.96. The van der Waals surface area contributed by atoms with Crippen molar-refractivity contribution in [2.24, 2.45) is 0 Å². The van der Waals surface area contributed by atoms with Crippen molar-refractivity contribution in [2.45, 2.75) is 25.3 Å². The third-order valence-electron chi connectivity index (χ3n) is 5.01. The Morgan fingerprint density at radius 1 is 1.29 bits per heavy atom. The van der Waals surface area contributed by atoms with E-state index in [1.54, 1.807) is 19.5 Å². The topological polar surface area (TPSA) is 94.0 Å². The number of ether oxygens (including phenoxy) is 1. The van der Waals surface area contributed by atoms with E-state index in [4.69, 9.17) is 9.84 Å². The average Bonchev–Trinajstić information content (AvgIpc) is 3.37. The van der Waals surface area contributed by atoms with E-state index >= 15 is 0 Å². The standard InChI is InChI=1S/C20H24N6O2/c1-28-16-4-2-14(3-5-16)12-17(27)22-10-11-26-20-19(23-8-9-24-20)18(25-26)15-6-7-21-13-15/h2-5,8-9,15,21H,6-7,10-13H2,1H3,(H,22,27)/t15-/m0/s1. The molecule has 0 unspecified atom stereocenters. The van der Waals surface area contributed by atoms with Gasteiger partial charge in [-0.15, -0.1) is 0 Å². The van der Waals surface area contributed by atoms with Crippen LogP contribution in [0.5, 0.6) is 5.75 Å². The van der Waals surface area contributed by atoms with Gasteiger partial charge in [0, 0.05) is 31.4 Å². The predicted octanol–water partition coefficient (Wildman–Crippen LogP) is 1.27. The largest absolute Gasteiger partial charge is 0.497 e. The molecule has 8 nitrogen and oxygen atoms in total. The fourth-order valence-electron chi connectivity index (χ4n) is 3.54. The molecule has 1 aromatic carbocycles. The average molecular weight is 380 g/mol. The van der Waals surface area contributed by atoms with Gasteiger partial charge in [-0.2, -0.15) is 5.10 Å². The molecule has 3 heterocycles. The zero-order valence-electron chi connectivity index (χ0n) is 15.9. The van der Waals surface area contributed by atoms with Crippen LogP contribution < -0.4 is 15.4 Å². The molecular weight excluding hydrogens is 356 g/mol. The normalized spacial score (nSPS) is 16.4. The van der Waals surface area contributed by atoms with Crippen LogP contribution in [0.1, 0.15) is 23.6 Å². The summed E-state index contributed by atoms with van der Waals surface area (Å²) in [6, 6.07) is 7.51. The zero-order chi connectivity index (χ0) is 19.3. The van der Waals surface area contributed by atoms with E-state index in [1.165, 1.54) is 0 Å². The predicted molar refractivity (Wildman–Crippen MR) is 105 cm³/mol. The summed E-state index contributed by atoms with van der Waals surface area (Å²) in [5, 5.41) is 11.1. The summed E-state index contributed by atoms with van der Waals surface area (Å²) in [7, 11) is 1.62. The van der Waals surface area contributed by atoms with Gasteiger partial charge in [0.05, 0.1) is 25.8 Å². The first-order chi connectivity index (χ1) is 13.7. The molecule has 1 saturated heterocycles. The lowest BCUT2D eigenvalue weighted by Crippen LogP contribution is -2.29. The van der Waals surface area contributed by atoms with Crippen LogP contribution >= 0.6 is 0 Å². The molecule has 3 aromatic rings. The van der Waals surface area contributed by atoms with Crippen molar-refractivity contribution in [2.75, 3.05) is 26.7 Å². The second kappa shape index (κ2) is 8.35. The number of carbonyl (C=O) groups is 1. The van der Waals surface area contributed by atoms with Crippen LogP contribution in [0.15, 0.2) is 36.7 Å². The Morgan fingerprint density at radius 3 is 2.86 bits per heavy atom. The molecule has 1 fully saturated rings. The van der Waals surface area contributed by atoms with Crippen molar-refractivity contribution in [1.82, 2.24) is 30.4 Å². The molecule has 0 saturated carbocycles. The summed E-state index contributed by atoms with van der Waals surface area (Å²) in [5.41, 5.74) is 3.58. The first-order valence-corrected chi connectivity index (χ1v) is 9.52. The summed E-state index contributed by atoms with van der Waals surface area (Å²) < 4.78 is 6.99. The number of hydrogen-bond acceptors (Lipinski definition) is 6. The maximum Gasteiger partial charge on any atom is 0.224 e. The van der Waals surface area contributed by atoms with Gasteiger partial charge in [-0.3, -0.25) is 4.79 Å². The Hall–Kier alpha value is -3.00. The van der Waals surface area contributed by atoms with E-state index in [0.29, 0.717) is 25.4 Å². The Kier molecular flexibility index (Phi) is 5.48. The monoisotopic (exact) mass is 380 g/mol. The van der Waals surface area contributed by atoms with E-state index in [2.05, 4.69) is 20.6 Å². The summed E-state index contributed by atoms with van der Waals surface area (Å²) >= 11 is 0. The SMILES string of the molecule is COc1ccc(CC(=O)NCCn2nc([C@H]3CCNC3)c3nccnc32)cc1. The molecule has 0 aliphatic carbocycles. The first kappa shape index (κ1) is 18.4. The van der Waals surface area contributed by atoms with Crippen molar-refractivity contribution in [3.8, 4) is 5.75 Å². The smallest absolute Gasteiger partial charge is 0.224 e. The minimum absolute atomic E-state index is 0.0204. The number of carbonyl (C=O) groups excluding carboxylic acids is 1. The van der Waals surface area contributed by atoms with E-state index in [0.717, 1.165) is 47.7 Å².